The molecule has 3 nitrogen and oxygen atoms in total. The summed E-state index contributed by atoms with van der Waals surface area (Å²) in [5.41, 5.74) is 5.47. The molecule has 0 aliphatic carbocycles. The van der Waals surface area contributed by atoms with Gasteiger partial charge in [0.1, 0.15) is 0 Å². The Labute approximate surface area is 194 Å². The minimum absolute atomic E-state index is 0.345. The first kappa shape index (κ1) is 20.2. The van der Waals surface area contributed by atoms with Crippen molar-refractivity contribution in [1.29, 1.82) is 0 Å². The summed E-state index contributed by atoms with van der Waals surface area (Å²) in [6, 6.07) is 32.4. The van der Waals surface area contributed by atoms with Crippen LogP contribution >= 0.6 is 0 Å². The highest BCUT2D eigenvalue weighted by atomic mass is 32.2. The molecule has 5 aromatic carbocycles. The van der Waals surface area contributed by atoms with E-state index in [1.54, 1.807) is 16.4 Å². The van der Waals surface area contributed by atoms with Crippen molar-refractivity contribution in [3.05, 3.63) is 114 Å². The molecule has 1 aliphatic rings. The monoisotopic (exact) mass is 449 g/mol. The molecule has 0 radical (unpaired) electrons. The molecule has 0 saturated heterocycles. The fourth-order valence-electron chi connectivity index (χ4n) is 4.90. The summed E-state index contributed by atoms with van der Waals surface area (Å²) in [5.74, 6) is 0. The van der Waals surface area contributed by atoms with E-state index in [-0.39, 0.29) is 0 Å². The maximum atomic E-state index is 13.5. The van der Waals surface area contributed by atoms with Crippen LogP contribution in [0.2, 0.25) is 0 Å². The Balaban J connectivity index is 1.52. The molecule has 0 unspecified atom stereocenters. The van der Waals surface area contributed by atoms with E-state index in [2.05, 4.69) is 60.7 Å². The van der Waals surface area contributed by atoms with Gasteiger partial charge >= 0.3 is 0 Å². The van der Waals surface area contributed by atoms with Crippen molar-refractivity contribution in [1.82, 2.24) is 4.31 Å². The van der Waals surface area contributed by atoms with Gasteiger partial charge < -0.3 is 0 Å². The van der Waals surface area contributed by atoms with E-state index < -0.39 is 10.0 Å². The van der Waals surface area contributed by atoms with Crippen LogP contribution in [0.4, 0.5) is 0 Å². The molecule has 4 heteroatoms. The van der Waals surface area contributed by atoms with Gasteiger partial charge in [-0.25, -0.2) is 8.42 Å². The molecule has 0 fully saturated rings. The molecule has 162 valence electrons. The molecular formula is C29H23NO2S. The smallest absolute Gasteiger partial charge is 0.207 e. The van der Waals surface area contributed by atoms with Gasteiger partial charge in [0.2, 0.25) is 10.0 Å². The highest BCUT2D eigenvalue weighted by Gasteiger charge is 2.33. The summed E-state index contributed by atoms with van der Waals surface area (Å²) < 4.78 is 28.5. The lowest BCUT2D eigenvalue weighted by Gasteiger charge is -2.16. The normalized spacial score (nSPS) is 14.1. The van der Waals surface area contributed by atoms with Gasteiger partial charge in [0.15, 0.2) is 0 Å². The molecule has 33 heavy (non-hydrogen) atoms. The van der Waals surface area contributed by atoms with Crippen LogP contribution in [-0.4, -0.2) is 12.7 Å². The van der Waals surface area contributed by atoms with Crippen LogP contribution < -0.4 is 0 Å². The highest BCUT2D eigenvalue weighted by Crippen LogP contribution is 2.41. The number of hydrogen-bond acceptors (Lipinski definition) is 2. The highest BCUT2D eigenvalue weighted by molar-refractivity contribution is 7.89. The molecule has 0 spiro atoms. The molecule has 1 heterocycles. The molecule has 0 bridgehead atoms. The van der Waals surface area contributed by atoms with E-state index in [1.165, 1.54) is 10.8 Å². The Morgan fingerprint density at radius 3 is 2.18 bits per heavy atom. The predicted molar refractivity (Wildman–Crippen MR) is 135 cm³/mol. The molecule has 0 amide bonds. The van der Waals surface area contributed by atoms with E-state index in [1.807, 2.05) is 31.2 Å². The number of fused-ring (bicyclic) bond motifs is 3. The van der Waals surface area contributed by atoms with Crippen LogP contribution in [0.5, 0.6) is 0 Å². The van der Waals surface area contributed by atoms with Crippen molar-refractivity contribution in [2.75, 3.05) is 0 Å². The molecule has 0 atom stereocenters. The maximum absolute atomic E-state index is 13.5. The summed E-state index contributed by atoms with van der Waals surface area (Å²) in [6.07, 6.45) is 0. The van der Waals surface area contributed by atoms with E-state index in [4.69, 9.17) is 0 Å². The largest absolute Gasteiger partial charge is 0.243 e. The van der Waals surface area contributed by atoms with Crippen molar-refractivity contribution in [3.8, 4) is 11.1 Å². The molecule has 0 N–H and O–H groups in total. The van der Waals surface area contributed by atoms with E-state index in [0.717, 1.165) is 38.6 Å². The first-order valence-electron chi connectivity index (χ1n) is 11.1. The number of sulfonamides is 1. The van der Waals surface area contributed by atoms with Gasteiger partial charge in [-0.15, -0.1) is 0 Å². The Morgan fingerprint density at radius 1 is 0.697 bits per heavy atom. The van der Waals surface area contributed by atoms with Crippen molar-refractivity contribution in [2.45, 2.75) is 24.9 Å². The average molecular weight is 450 g/mol. The first-order chi connectivity index (χ1) is 16.0. The Kier molecular flexibility index (Phi) is 4.61. The standard InChI is InChI=1S/C29H23NO2S/c1-20-10-14-26(15-11-20)33(31,32)30-18-25-17-23-8-4-5-9-27(23)29(28(25)19-30)24-13-12-21-6-2-3-7-22(21)16-24/h2-17H,18-19H2,1H3. The number of hydrogen-bond donors (Lipinski definition) is 0. The second-order valence-electron chi connectivity index (χ2n) is 8.76. The molecule has 0 saturated carbocycles. The zero-order valence-corrected chi connectivity index (χ0v) is 19.1. The van der Waals surface area contributed by atoms with Gasteiger partial charge in [-0.3, -0.25) is 0 Å². The van der Waals surface area contributed by atoms with Crippen LogP contribution in [0, 0.1) is 6.92 Å². The Morgan fingerprint density at radius 2 is 1.39 bits per heavy atom. The second kappa shape index (κ2) is 7.55. The van der Waals surface area contributed by atoms with Crippen LogP contribution in [0.15, 0.2) is 102 Å². The minimum Gasteiger partial charge on any atom is -0.207 e. The quantitative estimate of drug-likeness (QED) is 0.308. The number of aryl methyl sites for hydroxylation is 1. The molecule has 5 aromatic rings. The van der Waals surface area contributed by atoms with E-state index in [0.29, 0.717) is 18.0 Å². The SMILES string of the molecule is Cc1ccc(S(=O)(=O)N2Cc3cc4ccccc4c(-c4ccc5ccccc5c4)c3C2)cc1. The second-order valence-corrected chi connectivity index (χ2v) is 10.7. The Hall–Kier alpha value is -3.47. The van der Waals surface area contributed by atoms with Crippen LogP contribution in [0.1, 0.15) is 16.7 Å². The first-order valence-corrected chi connectivity index (χ1v) is 12.5. The van der Waals surface area contributed by atoms with Crippen LogP contribution in [0.25, 0.3) is 32.7 Å². The molecule has 6 rings (SSSR count). The van der Waals surface area contributed by atoms with Crippen molar-refractivity contribution in [3.63, 3.8) is 0 Å². The van der Waals surface area contributed by atoms with Crippen molar-refractivity contribution >= 4 is 31.6 Å². The van der Waals surface area contributed by atoms with E-state index in [9.17, 15) is 8.42 Å². The summed E-state index contributed by atoms with van der Waals surface area (Å²) in [6.45, 7) is 2.72. The lowest BCUT2D eigenvalue weighted by Crippen LogP contribution is -2.25. The van der Waals surface area contributed by atoms with Gasteiger partial charge in [0.25, 0.3) is 0 Å². The van der Waals surface area contributed by atoms with E-state index >= 15 is 0 Å². The lowest BCUT2D eigenvalue weighted by molar-refractivity contribution is 0.432. The summed E-state index contributed by atoms with van der Waals surface area (Å²) in [4.78, 5) is 0.345. The maximum Gasteiger partial charge on any atom is 0.243 e. The zero-order chi connectivity index (χ0) is 22.6. The van der Waals surface area contributed by atoms with Gasteiger partial charge in [-0.2, -0.15) is 4.31 Å². The van der Waals surface area contributed by atoms with Crippen molar-refractivity contribution in [2.24, 2.45) is 0 Å². The minimum atomic E-state index is -3.58. The predicted octanol–water partition coefficient (Wildman–Crippen LogP) is 6.67. The average Bonchev–Trinajstić information content (AvgIpc) is 3.27. The molecule has 1 aliphatic heterocycles. The fourth-order valence-corrected chi connectivity index (χ4v) is 6.28. The fraction of sp³-hybridized carbons (Fsp3) is 0.103. The summed E-state index contributed by atoms with van der Waals surface area (Å²) in [5, 5.41) is 4.66. The zero-order valence-electron chi connectivity index (χ0n) is 18.3. The number of nitrogens with zero attached hydrogens (tertiary/aromatic N) is 1. The topological polar surface area (TPSA) is 37.4 Å². The third-order valence-electron chi connectivity index (χ3n) is 6.63. The summed E-state index contributed by atoms with van der Waals surface area (Å²) >= 11 is 0. The van der Waals surface area contributed by atoms with Gasteiger partial charge in [0, 0.05) is 13.1 Å². The molecular weight excluding hydrogens is 426 g/mol. The van der Waals surface area contributed by atoms with Gasteiger partial charge in [-0.05, 0) is 75.0 Å². The lowest BCUT2D eigenvalue weighted by atomic mass is 9.90. The van der Waals surface area contributed by atoms with Crippen molar-refractivity contribution < 1.29 is 8.42 Å². The van der Waals surface area contributed by atoms with Gasteiger partial charge in [-0.1, -0.05) is 78.4 Å². The van der Waals surface area contributed by atoms with Crippen LogP contribution in [0.3, 0.4) is 0 Å². The van der Waals surface area contributed by atoms with Crippen LogP contribution in [-0.2, 0) is 23.1 Å². The number of benzene rings is 5. The molecule has 0 aromatic heterocycles. The third kappa shape index (κ3) is 3.34. The summed E-state index contributed by atoms with van der Waals surface area (Å²) in [7, 11) is -3.58. The third-order valence-corrected chi connectivity index (χ3v) is 8.43. The van der Waals surface area contributed by atoms with Gasteiger partial charge in [0.05, 0.1) is 4.90 Å². The Bertz CT molecular complexity index is 1640. The number of rotatable bonds is 3.